The van der Waals surface area contributed by atoms with Crippen molar-refractivity contribution in [1.29, 1.82) is 0 Å². The molecule has 1 amide bonds. The van der Waals surface area contributed by atoms with Crippen LogP contribution in [0.15, 0.2) is 30.6 Å². The Hall–Kier alpha value is -1.88. The first-order valence-corrected chi connectivity index (χ1v) is 8.48. The molecule has 0 unspecified atom stereocenters. The predicted molar refractivity (Wildman–Crippen MR) is 92.2 cm³/mol. The molecule has 1 aromatic heterocycles. The van der Waals surface area contributed by atoms with E-state index in [2.05, 4.69) is 29.0 Å². The topological polar surface area (TPSA) is 50.2 Å². The number of hydrogen-bond acceptors (Lipinski definition) is 3. The second-order valence-corrected chi connectivity index (χ2v) is 7.00. The van der Waals surface area contributed by atoms with Crippen molar-refractivity contribution in [3.63, 3.8) is 0 Å². The number of nitrogens with one attached hydrogen (secondary N) is 1. The number of fused-ring (bicyclic) bond motifs is 1. The average molecular weight is 314 g/mol. The average Bonchev–Trinajstić information content (AvgIpc) is 2.97. The summed E-state index contributed by atoms with van der Waals surface area (Å²) in [5, 5.41) is 3.09. The summed E-state index contributed by atoms with van der Waals surface area (Å²) in [7, 11) is 0. The number of piperidine rings is 1. The molecule has 1 aliphatic heterocycles. The number of likely N-dealkylation sites (tertiary alicyclic amines) is 1. The van der Waals surface area contributed by atoms with Crippen LogP contribution in [0.1, 0.15) is 33.1 Å². The Morgan fingerprint density at radius 1 is 1.22 bits per heavy atom. The Balaban J connectivity index is 1.57. The van der Waals surface area contributed by atoms with Crippen molar-refractivity contribution < 1.29 is 4.79 Å². The molecule has 0 spiro atoms. The minimum absolute atomic E-state index is 0.00703. The fourth-order valence-corrected chi connectivity index (χ4v) is 3.27. The Morgan fingerprint density at radius 2 is 1.96 bits per heavy atom. The van der Waals surface area contributed by atoms with Crippen LogP contribution in [0.2, 0.25) is 0 Å². The highest BCUT2D eigenvalue weighted by atomic mass is 16.1. The highest BCUT2D eigenvalue weighted by Crippen LogP contribution is 2.19. The first-order chi connectivity index (χ1) is 11.1. The van der Waals surface area contributed by atoms with Gasteiger partial charge in [0.15, 0.2) is 0 Å². The van der Waals surface area contributed by atoms with Gasteiger partial charge < -0.3 is 9.88 Å². The Bertz CT molecular complexity index is 670. The van der Waals surface area contributed by atoms with Crippen molar-refractivity contribution in [1.82, 2.24) is 19.8 Å². The highest BCUT2D eigenvalue weighted by molar-refractivity contribution is 5.80. The molecule has 23 heavy (non-hydrogen) atoms. The van der Waals surface area contributed by atoms with Gasteiger partial charge in [-0.05, 0) is 51.9 Å². The molecule has 3 rings (SSSR count). The molecule has 1 aromatic carbocycles. The number of aromatic nitrogens is 2. The van der Waals surface area contributed by atoms with Gasteiger partial charge in [0.1, 0.15) is 6.54 Å². The SMILES string of the molecule is CC(C)(CNC(=O)Cn1cnc2ccccc21)N1CCCCC1. The molecule has 2 heterocycles. The number of carbonyl (C=O) groups is 1. The van der Waals surface area contributed by atoms with Crippen LogP contribution < -0.4 is 5.32 Å². The molecule has 5 heteroatoms. The zero-order valence-electron chi connectivity index (χ0n) is 14.1. The lowest BCUT2D eigenvalue weighted by molar-refractivity contribution is -0.122. The maximum Gasteiger partial charge on any atom is 0.240 e. The van der Waals surface area contributed by atoms with Crippen LogP contribution in [0.25, 0.3) is 11.0 Å². The van der Waals surface area contributed by atoms with E-state index in [-0.39, 0.29) is 11.4 Å². The molecule has 0 aliphatic carbocycles. The van der Waals surface area contributed by atoms with Crippen LogP contribution >= 0.6 is 0 Å². The van der Waals surface area contributed by atoms with Gasteiger partial charge in [-0.15, -0.1) is 0 Å². The lowest BCUT2D eigenvalue weighted by atomic mass is 9.98. The van der Waals surface area contributed by atoms with Crippen LogP contribution in [0.5, 0.6) is 0 Å². The maximum atomic E-state index is 12.3. The van der Waals surface area contributed by atoms with Crippen LogP contribution in [-0.2, 0) is 11.3 Å². The molecule has 124 valence electrons. The molecule has 0 saturated carbocycles. The number of imidazole rings is 1. The summed E-state index contributed by atoms with van der Waals surface area (Å²) in [5.74, 6) is 0.0400. The first kappa shape index (κ1) is 16.0. The van der Waals surface area contributed by atoms with Crippen molar-refractivity contribution >= 4 is 16.9 Å². The van der Waals surface area contributed by atoms with Crippen LogP contribution in [0.4, 0.5) is 0 Å². The van der Waals surface area contributed by atoms with Crippen molar-refractivity contribution in [3.05, 3.63) is 30.6 Å². The zero-order valence-corrected chi connectivity index (χ0v) is 14.1. The summed E-state index contributed by atoms with van der Waals surface area (Å²) in [6.45, 7) is 7.69. The predicted octanol–water partition coefficient (Wildman–Crippen LogP) is 2.42. The molecule has 1 fully saturated rings. The summed E-state index contributed by atoms with van der Waals surface area (Å²) in [4.78, 5) is 19.1. The summed E-state index contributed by atoms with van der Waals surface area (Å²) >= 11 is 0. The van der Waals surface area contributed by atoms with Crippen LogP contribution in [-0.4, -0.2) is 45.5 Å². The molecular weight excluding hydrogens is 288 g/mol. The number of rotatable bonds is 5. The minimum Gasteiger partial charge on any atom is -0.353 e. The molecule has 1 saturated heterocycles. The summed E-state index contributed by atoms with van der Waals surface area (Å²) in [6, 6.07) is 7.88. The summed E-state index contributed by atoms with van der Waals surface area (Å²) < 4.78 is 1.90. The molecule has 2 aromatic rings. The molecule has 0 bridgehead atoms. The van der Waals surface area contributed by atoms with E-state index >= 15 is 0 Å². The van der Waals surface area contributed by atoms with Gasteiger partial charge >= 0.3 is 0 Å². The Labute approximate surface area is 137 Å². The third kappa shape index (κ3) is 3.72. The number of amides is 1. The molecule has 5 nitrogen and oxygen atoms in total. The number of nitrogens with zero attached hydrogens (tertiary/aromatic N) is 3. The number of carbonyl (C=O) groups excluding carboxylic acids is 1. The third-order valence-electron chi connectivity index (χ3n) is 4.77. The molecule has 1 N–H and O–H groups in total. The van der Waals surface area contributed by atoms with Gasteiger partial charge in [0.2, 0.25) is 5.91 Å². The number of benzene rings is 1. The van der Waals surface area contributed by atoms with E-state index in [1.165, 1.54) is 19.3 Å². The van der Waals surface area contributed by atoms with Gasteiger partial charge in [-0.25, -0.2) is 4.98 Å². The maximum absolute atomic E-state index is 12.3. The quantitative estimate of drug-likeness (QED) is 0.922. The van der Waals surface area contributed by atoms with Gasteiger partial charge in [-0.2, -0.15) is 0 Å². The monoisotopic (exact) mass is 314 g/mol. The second kappa shape index (κ2) is 6.71. The van der Waals surface area contributed by atoms with Crippen LogP contribution in [0, 0.1) is 0 Å². The van der Waals surface area contributed by atoms with Gasteiger partial charge in [-0.3, -0.25) is 9.69 Å². The van der Waals surface area contributed by atoms with E-state index in [0.717, 1.165) is 24.1 Å². The fourth-order valence-electron chi connectivity index (χ4n) is 3.27. The minimum atomic E-state index is 0.00703. The lowest BCUT2D eigenvalue weighted by Crippen LogP contribution is -2.53. The summed E-state index contributed by atoms with van der Waals surface area (Å²) in [5.41, 5.74) is 1.93. The molecule has 0 atom stereocenters. The normalized spacial score (nSPS) is 16.6. The van der Waals surface area contributed by atoms with Gasteiger partial charge in [0.25, 0.3) is 0 Å². The van der Waals surface area contributed by atoms with E-state index < -0.39 is 0 Å². The lowest BCUT2D eigenvalue weighted by Gasteiger charge is -2.41. The second-order valence-electron chi connectivity index (χ2n) is 7.00. The Kier molecular flexibility index (Phi) is 4.66. The van der Waals surface area contributed by atoms with E-state index in [1.807, 2.05) is 28.8 Å². The van der Waals surface area contributed by atoms with Gasteiger partial charge in [0, 0.05) is 12.1 Å². The molecule has 1 aliphatic rings. The van der Waals surface area contributed by atoms with E-state index in [0.29, 0.717) is 13.1 Å². The van der Waals surface area contributed by atoms with Gasteiger partial charge in [0.05, 0.1) is 17.4 Å². The fraction of sp³-hybridized carbons (Fsp3) is 0.556. The van der Waals surface area contributed by atoms with Crippen LogP contribution in [0.3, 0.4) is 0 Å². The molecular formula is C18H26N4O. The smallest absolute Gasteiger partial charge is 0.240 e. The van der Waals surface area contributed by atoms with Crippen molar-refractivity contribution in [2.24, 2.45) is 0 Å². The molecule has 0 radical (unpaired) electrons. The van der Waals surface area contributed by atoms with Crippen molar-refractivity contribution in [2.75, 3.05) is 19.6 Å². The van der Waals surface area contributed by atoms with E-state index in [1.54, 1.807) is 6.33 Å². The number of hydrogen-bond donors (Lipinski definition) is 1. The standard InChI is InChI=1S/C18H26N4O/c1-18(2,22-10-6-3-7-11-22)13-19-17(23)12-21-14-20-15-8-4-5-9-16(15)21/h4-5,8-9,14H,3,6-7,10-13H2,1-2H3,(H,19,23). The third-order valence-corrected chi connectivity index (χ3v) is 4.77. The first-order valence-electron chi connectivity index (χ1n) is 8.48. The van der Waals surface area contributed by atoms with Crippen molar-refractivity contribution in [2.45, 2.75) is 45.2 Å². The van der Waals surface area contributed by atoms with Gasteiger partial charge in [-0.1, -0.05) is 18.6 Å². The zero-order chi connectivity index (χ0) is 16.3. The van der Waals surface area contributed by atoms with E-state index in [4.69, 9.17) is 0 Å². The largest absolute Gasteiger partial charge is 0.353 e. The highest BCUT2D eigenvalue weighted by Gasteiger charge is 2.28. The Morgan fingerprint density at radius 3 is 2.74 bits per heavy atom. The van der Waals surface area contributed by atoms with E-state index in [9.17, 15) is 4.79 Å². The van der Waals surface area contributed by atoms with Crippen molar-refractivity contribution in [3.8, 4) is 0 Å². The summed E-state index contributed by atoms with van der Waals surface area (Å²) in [6.07, 6.45) is 5.59. The number of para-hydroxylation sites is 2.